The standard InChI is InChI=1S/C21H23ClN2O3S/c1-14-8-16-11-19(24(21(16)9-14)6-3-7-28(25,26)27)13-18-10-15-4-5-17(22)12-20(15)23(18)2/h4-5,9,12-13H,3,6-8,10-11H2,1-2H3/p+1. The van der Waals surface area contributed by atoms with Crippen molar-refractivity contribution in [2.75, 3.05) is 24.2 Å². The molecule has 2 aliphatic heterocycles. The van der Waals surface area contributed by atoms with Gasteiger partial charge in [0, 0.05) is 54.0 Å². The number of halogens is 1. The summed E-state index contributed by atoms with van der Waals surface area (Å²) in [7, 11) is -1.89. The van der Waals surface area contributed by atoms with Crippen LogP contribution in [-0.2, 0) is 16.5 Å². The van der Waals surface area contributed by atoms with Crippen LogP contribution in [0, 0.1) is 0 Å². The number of rotatable bonds is 5. The molecule has 2 heterocycles. The maximum atomic E-state index is 11.1. The fraction of sp³-hybridized carbons (Fsp3) is 0.381. The zero-order valence-electron chi connectivity index (χ0n) is 16.1. The van der Waals surface area contributed by atoms with Gasteiger partial charge in [0.15, 0.2) is 5.71 Å². The maximum absolute atomic E-state index is 11.1. The van der Waals surface area contributed by atoms with E-state index in [-0.39, 0.29) is 5.75 Å². The second-order valence-corrected chi connectivity index (χ2v) is 9.77. The zero-order valence-corrected chi connectivity index (χ0v) is 17.6. The molecule has 0 atom stereocenters. The zero-order chi connectivity index (χ0) is 20.1. The molecule has 7 heteroatoms. The Balaban J connectivity index is 1.63. The summed E-state index contributed by atoms with van der Waals surface area (Å²) in [4.78, 5) is 2.18. The first-order chi connectivity index (χ1) is 13.2. The molecule has 1 aromatic rings. The van der Waals surface area contributed by atoms with Gasteiger partial charge in [0.05, 0.1) is 12.2 Å². The second kappa shape index (κ2) is 7.17. The average Bonchev–Trinajstić information content (AvgIpc) is 3.20. The number of benzene rings is 1. The minimum Gasteiger partial charge on any atom is -0.347 e. The van der Waals surface area contributed by atoms with Gasteiger partial charge in [0.2, 0.25) is 5.70 Å². The lowest BCUT2D eigenvalue weighted by Crippen LogP contribution is -2.20. The van der Waals surface area contributed by atoms with E-state index in [4.69, 9.17) is 16.2 Å². The van der Waals surface area contributed by atoms with E-state index in [0.717, 1.165) is 30.0 Å². The van der Waals surface area contributed by atoms with Crippen LogP contribution >= 0.6 is 11.6 Å². The fourth-order valence-corrected chi connectivity index (χ4v) is 4.97. The van der Waals surface area contributed by atoms with Crippen molar-refractivity contribution in [1.29, 1.82) is 0 Å². The monoisotopic (exact) mass is 419 g/mol. The van der Waals surface area contributed by atoms with E-state index in [2.05, 4.69) is 41.7 Å². The van der Waals surface area contributed by atoms with Crippen molar-refractivity contribution in [3.63, 3.8) is 0 Å². The highest BCUT2D eigenvalue weighted by Gasteiger charge is 2.34. The number of anilines is 1. The molecule has 1 aliphatic carbocycles. The van der Waals surface area contributed by atoms with Gasteiger partial charge in [-0.1, -0.05) is 23.2 Å². The van der Waals surface area contributed by atoms with Gasteiger partial charge in [-0.15, -0.1) is 0 Å². The summed E-state index contributed by atoms with van der Waals surface area (Å²) in [5.74, 6) is -0.220. The van der Waals surface area contributed by atoms with Crippen molar-refractivity contribution in [2.24, 2.45) is 0 Å². The normalized spacial score (nSPS) is 20.4. The molecule has 3 aliphatic rings. The molecule has 0 aromatic heterocycles. The van der Waals surface area contributed by atoms with Crippen LogP contribution < -0.4 is 4.90 Å². The molecule has 28 heavy (non-hydrogen) atoms. The number of nitrogens with zero attached hydrogens (tertiary/aromatic N) is 2. The van der Waals surface area contributed by atoms with Crippen LogP contribution in [0.4, 0.5) is 5.69 Å². The topological polar surface area (TPSA) is 60.6 Å². The molecule has 0 amide bonds. The third-order valence-corrected chi connectivity index (χ3v) is 6.64. The number of likely N-dealkylation sites (N-methyl/N-ethyl adjacent to an activating group) is 1. The Morgan fingerprint density at radius 1 is 1.29 bits per heavy atom. The Kier molecular flexibility index (Phi) is 4.98. The average molecular weight is 420 g/mol. The fourth-order valence-electron chi connectivity index (χ4n) is 4.31. The maximum Gasteiger partial charge on any atom is 0.265 e. The molecule has 148 valence electrons. The molecular formula is C21H24ClN2O3S+. The molecule has 0 unspecified atom stereocenters. The van der Waals surface area contributed by atoms with E-state index in [0.29, 0.717) is 13.0 Å². The third-order valence-electron chi connectivity index (χ3n) is 5.60. The van der Waals surface area contributed by atoms with Crippen molar-refractivity contribution in [1.82, 2.24) is 0 Å². The van der Waals surface area contributed by atoms with Gasteiger partial charge in [0.25, 0.3) is 10.1 Å². The highest BCUT2D eigenvalue weighted by molar-refractivity contribution is 7.85. The quantitative estimate of drug-likeness (QED) is 0.579. The first-order valence-electron chi connectivity index (χ1n) is 9.42. The Morgan fingerprint density at radius 2 is 2.07 bits per heavy atom. The lowest BCUT2D eigenvalue weighted by atomic mass is 10.1. The molecule has 0 saturated carbocycles. The van der Waals surface area contributed by atoms with E-state index in [1.54, 1.807) is 0 Å². The van der Waals surface area contributed by atoms with Crippen LogP contribution in [0.3, 0.4) is 0 Å². The molecule has 1 aromatic carbocycles. The second-order valence-electron chi connectivity index (χ2n) is 7.76. The number of fused-ring (bicyclic) bond motifs is 1. The summed E-state index contributed by atoms with van der Waals surface area (Å²) in [5.41, 5.74) is 8.69. The van der Waals surface area contributed by atoms with Crippen molar-refractivity contribution in [3.05, 3.63) is 63.5 Å². The van der Waals surface area contributed by atoms with Crippen LogP contribution in [0.25, 0.3) is 0 Å². The van der Waals surface area contributed by atoms with Gasteiger partial charge in [0.1, 0.15) is 6.54 Å². The lowest BCUT2D eigenvalue weighted by molar-refractivity contribution is -0.468. The largest absolute Gasteiger partial charge is 0.347 e. The van der Waals surface area contributed by atoms with E-state index < -0.39 is 10.1 Å². The summed E-state index contributed by atoms with van der Waals surface area (Å²) in [5, 5.41) is 0.730. The smallest absolute Gasteiger partial charge is 0.265 e. The Labute approximate surface area is 171 Å². The van der Waals surface area contributed by atoms with E-state index in [1.165, 1.54) is 33.8 Å². The number of hydrogen-bond acceptors (Lipinski definition) is 3. The highest BCUT2D eigenvalue weighted by Crippen LogP contribution is 2.37. The van der Waals surface area contributed by atoms with Crippen LogP contribution in [0.15, 0.2) is 52.9 Å². The molecule has 4 rings (SSSR count). The van der Waals surface area contributed by atoms with E-state index in [9.17, 15) is 8.42 Å². The van der Waals surface area contributed by atoms with Crippen molar-refractivity contribution in [3.8, 4) is 0 Å². The first kappa shape index (κ1) is 19.4. The minimum atomic E-state index is -3.94. The van der Waals surface area contributed by atoms with Gasteiger partial charge in [-0.3, -0.25) is 4.55 Å². The van der Waals surface area contributed by atoms with Crippen LogP contribution in [-0.4, -0.2) is 42.6 Å². The van der Waals surface area contributed by atoms with E-state index in [1.807, 2.05) is 12.1 Å². The molecule has 0 saturated heterocycles. The van der Waals surface area contributed by atoms with Crippen molar-refractivity contribution >= 4 is 33.1 Å². The predicted molar refractivity (Wildman–Crippen MR) is 113 cm³/mol. The summed E-state index contributed by atoms with van der Waals surface area (Å²) in [6, 6.07) is 5.99. The van der Waals surface area contributed by atoms with Crippen LogP contribution in [0.5, 0.6) is 0 Å². The van der Waals surface area contributed by atoms with E-state index >= 15 is 0 Å². The summed E-state index contributed by atoms with van der Waals surface area (Å²) in [6.45, 7) is 2.70. The molecule has 5 nitrogen and oxygen atoms in total. The summed E-state index contributed by atoms with van der Waals surface area (Å²) >= 11 is 6.16. The van der Waals surface area contributed by atoms with Crippen LogP contribution in [0.2, 0.25) is 5.02 Å². The molecule has 0 spiro atoms. The summed E-state index contributed by atoms with van der Waals surface area (Å²) < 4.78 is 33.5. The molecule has 0 fully saturated rings. The highest BCUT2D eigenvalue weighted by atomic mass is 35.5. The Morgan fingerprint density at radius 3 is 2.82 bits per heavy atom. The molecule has 0 bridgehead atoms. The molecular weight excluding hydrogens is 396 g/mol. The van der Waals surface area contributed by atoms with Gasteiger partial charge in [-0.2, -0.15) is 13.0 Å². The number of hydrogen-bond donors (Lipinski definition) is 1. The SMILES string of the molecule is CC1=CC2=C(C1)CC(C=C1Cc3ccc(Cl)cc3N1C)=[N+]2CCCS(=O)(=O)O. The van der Waals surface area contributed by atoms with Gasteiger partial charge in [-0.25, -0.2) is 0 Å². The number of allylic oxidation sites excluding steroid dienone is 5. The van der Waals surface area contributed by atoms with Crippen molar-refractivity contribution in [2.45, 2.75) is 32.6 Å². The Bertz CT molecular complexity index is 1080. The third kappa shape index (κ3) is 3.81. The molecule has 0 radical (unpaired) electrons. The Hall–Kier alpha value is -1.89. The lowest BCUT2D eigenvalue weighted by Gasteiger charge is -2.15. The molecule has 1 N–H and O–H groups in total. The predicted octanol–water partition coefficient (Wildman–Crippen LogP) is 3.96. The summed E-state index contributed by atoms with van der Waals surface area (Å²) in [6.07, 6.45) is 7.52. The van der Waals surface area contributed by atoms with Gasteiger partial charge >= 0.3 is 0 Å². The minimum absolute atomic E-state index is 0.220. The van der Waals surface area contributed by atoms with Gasteiger partial charge < -0.3 is 4.90 Å². The first-order valence-corrected chi connectivity index (χ1v) is 11.4. The van der Waals surface area contributed by atoms with Crippen molar-refractivity contribution < 1.29 is 17.5 Å². The van der Waals surface area contributed by atoms with Gasteiger partial charge in [-0.05, 0) is 31.0 Å². The van der Waals surface area contributed by atoms with Crippen LogP contribution in [0.1, 0.15) is 31.7 Å².